The van der Waals surface area contributed by atoms with Crippen LogP contribution < -0.4 is 5.32 Å². The van der Waals surface area contributed by atoms with Crippen molar-refractivity contribution in [1.29, 1.82) is 0 Å². The topological polar surface area (TPSA) is 45.4 Å². The molecule has 2 aromatic carbocycles. The second kappa shape index (κ2) is 8.34. The maximum absolute atomic E-state index is 9.57. The SMILES string of the molecule is CC(O)c1ccc(-c2ccc(CNCCc3ccc(Cl)cc3)o2)cc1. The summed E-state index contributed by atoms with van der Waals surface area (Å²) in [6.45, 7) is 3.33. The first-order chi connectivity index (χ1) is 12.1. The van der Waals surface area contributed by atoms with Gasteiger partial charge in [-0.1, -0.05) is 48.0 Å². The first-order valence-electron chi connectivity index (χ1n) is 8.44. The van der Waals surface area contributed by atoms with Gasteiger partial charge in [-0.15, -0.1) is 0 Å². The monoisotopic (exact) mass is 355 g/mol. The fraction of sp³-hybridized carbons (Fsp3) is 0.238. The predicted octanol–water partition coefficient (Wildman–Crippen LogP) is 4.99. The van der Waals surface area contributed by atoms with Crippen LogP contribution >= 0.6 is 11.6 Å². The van der Waals surface area contributed by atoms with E-state index in [0.29, 0.717) is 6.54 Å². The van der Waals surface area contributed by atoms with Crippen LogP contribution in [-0.4, -0.2) is 11.7 Å². The van der Waals surface area contributed by atoms with Crippen molar-refractivity contribution >= 4 is 11.6 Å². The molecular formula is C21H22ClNO2. The highest BCUT2D eigenvalue weighted by molar-refractivity contribution is 6.30. The van der Waals surface area contributed by atoms with Gasteiger partial charge < -0.3 is 14.8 Å². The Morgan fingerprint density at radius 3 is 2.40 bits per heavy atom. The third-order valence-corrected chi connectivity index (χ3v) is 4.39. The first-order valence-corrected chi connectivity index (χ1v) is 8.82. The molecule has 1 unspecified atom stereocenters. The zero-order valence-corrected chi connectivity index (χ0v) is 15.0. The molecule has 0 radical (unpaired) electrons. The van der Waals surface area contributed by atoms with Crippen molar-refractivity contribution in [3.63, 3.8) is 0 Å². The minimum absolute atomic E-state index is 0.453. The number of aliphatic hydroxyl groups is 1. The van der Waals surface area contributed by atoms with Gasteiger partial charge in [0.05, 0.1) is 12.6 Å². The van der Waals surface area contributed by atoms with E-state index < -0.39 is 6.10 Å². The Hall–Kier alpha value is -2.07. The molecular weight excluding hydrogens is 334 g/mol. The Morgan fingerprint density at radius 2 is 1.72 bits per heavy atom. The summed E-state index contributed by atoms with van der Waals surface area (Å²) < 4.78 is 5.90. The van der Waals surface area contributed by atoms with Gasteiger partial charge in [-0.25, -0.2) is 0 Å². The highest BCUT2D eigenvalue weighted by atomic mass is 35.5. The van der Waals surface area contributed by atoms with E-state index in [2.05, 4.69) is 5.32 Å². The number of aliphatic hydroxyl groups excluding tert-OH is 1. The molecule has 4 heteroatoms. The van der Waals surface area contributed by atoms with Gasteiger partial charge in [0.1, 0.15) is 11.5 Å². The summed E-state index contributed by atoms with van der Waals surface area (Å²) in [5.41, 5.74) is 3.17. The van der Waals surface area contributed by atoms with Crippen molar-refractivity contribution in [2.45, 2.75) is 26.0 Å². The maximum atomic E-state index is 9.57. The summed E-state index contributed by atoms with van der Waals surface area (Å²) in [6.07, 6.45) is 0.497. The number of furan rings is 1. The van der Waals surface area contributed by atoms with Crippen LogP contribution in [0.5, 0.6) is 0 Å². The quantitative estimate of drug-likeness (QED) is 0.587. The van der Waals surface area contributed by atoms with E-state index >= 15 is 0 Å². The number of hydrogen-bond donors (Lipinski definition) is 2. The Balaban J connectivity index is 1.50. The normalized spacial score (nSPS) is 12.3. The maximum Gasteiger partial charge on any atom is 0.134 e. The van der Waals surface area contributed by atoms with Crippen LogP contribution in [0.15, 0.2) is 65.1 Å². The summed E-state index contributed by atoms with van der Waals surface area (Å²) in [6, 6.07) is 19.7. The van der Waals surface area contributed by atoms with Crippen LogP contribution in [0.1, 0.15) is 29.9 Å². The minimum atomic E-state index is -0.453. The molecule has 0 aliphatic heterocycles. The molecule has 0 aliphatic carbocycles. The summed E-state index contributed by atoms with van der Waals surface area (Å²) >= 11 is 5.89. The smallest absolute Gasteiger partial charge is 0.134 e. The molecule has 1 aromatic heterocycles. The Bertz CT molecular complexity index is 792. The molecule has 0 spiro atoms. The minimum Gasteiger partial charge on any atom is -0.460 e. The summed E-state index contributed by atoms with van der Waals surface area (Å²) in [7, 11) is 0. The lowest BCUT2D eigenvalue weighted by atomic mass is 10.1. The van der Waals surface area contributed by atoms with Gasteiger partial charge in [0.15, 0.2) is 0 Å². The fourth-order valence-corrected chi connectivity index (χ4v) is 2.78. The van der Waals surface area contributed by atoms with Crippen LogP contribution in [0.2, 0.25) is 5.02 Å². The van der Waals surface area contributed by atoms with Crippen LogP contribution in [0.4, 0.5) is 0 Å². The second-order valence-electron chi connectivity index (χ2n) is 6.12. The fourth-order valence-electron chi connectivity index (χ4n) is 2.65. The zero-order valence-electron chi connectivity index (χ0n) is 14.2. The van der Waals surface area contributed by atoms with Gasteiger partial charge in [0.2, 0.25) is 0 Å². The molecule has 2 N–H and O–H groups in total. The largest absolute Gasteiger partial charge is 0.460 e. The molecule has 1 heterocycles. The average molecular weight is 356 g/mol. The Labute approximate surface area is 153 Å². The van der Waals surface area contributed by atoms with Crippen LogP contribution in [0, 0.1) is 0 Å². The van der Waals surface area contributed by atoms with E-state index in [9.17, 15) is 5.11 Å². The van der Waals surface area contributed by atoms with Crippen molar-refractivity contribution in [3.8, 4) is 11.3 Å². The molecule has 0 amide bonds. The molecule has 0 saturated heterocycles. The van der Waals surface area contributed by atoms with Gasteiger partial charge >= 0.3 is 0 Å². The molecule has 3 aromatic rings. The number of halogens is 1. The second-order valence-corrected chi connectivity index (χ2v) is 6.55. The van der Waals surface area contributed by atoms with Crippen LogP contribution in [0.3, 0.4) is 0 Å². The number of hydrogen-bond acceptors (Lipinski definition) is 3. The first kappa shape index (κ1) is 17.7. The van der Waals surface area contributed by atoms with Crippen molar-refractivity contribution in [2.75, 3.05) is 6.54 Å². The van der Waals surface area contributed by atoms with E-state index in [1.165, 1.54) is 5.56 Å². The van der Waals surface area contributed by atoms with Crippen molar-refractivity contribution in [3.05, 3.63) is 82.6 Å². The van der Waals surface area contributed by atoms with Crippen molar-refractivity contribution in [2.24, 2.45) is 0 Å². The van der Waals surface area contributed by atoms with Crippen molar-refractivity contribution in [1.82, 2.24) is 5.32 Å². The standard InChI is InChI=1S/C21H22ClNO2/c1-15(24)17-4-6-18(7-5-17)21-11-10-20(25-21)14-23-13-12-16-2-8-19(22)9-3-16/h2-11,15,23-24H,12-14H2,1H3. The summed E-state index contributed by atoms with van der Waals surface area (Å²) in [5.74, 6) is 1.75. The number of benzene rings is 2. The molecule has 0 aliphatic rings. The van der Waals surface area contributed by atoms with E-state index in [1.807, 2.05) is 60.7 Å². The number of nitrogens with one attached hydrogen (secondary N) is 1. The number of rotatable bonds is 7. The highest BCUT2D eigenvalue weighted by Crippen LogP contribution is 2.24. The zero-order chi connectivity index (χ0) is 17.6. The van der Waals surface area contributed by atoms with Crippen LogP contribution in [0.25, 0.3) is 11.3 Å². The molecule has 130 valence electrons. The van der Waals surface area contributed by atoms with Crippen LogP contribution in [-0.2, 0) is 13.0 Å². The van der Waals surface area contributed by atoms with Gasteiger partial charge in [0.25, 0.3) is 0 Å². The van der Waals surface area contributed by atoms with Gasteiger partial charge in [0, 0.05) is 10.6 Å². The third-order valence-electron chi connectivity index (χ3n) is 4.14. The Kier molecular flexibility index (Phi) is 5.92. The van der Waals surface area contributed by atoms with E-state index in [1.54, 1.807) is 6.92 Å². The molecule has 3 rings (SSSR count). The lowest BCUT2D eigenvalue weighted by molar-refractivity contribution is 0.199. The molecule has 0 bridgehead atoms. The lowest BCUT2D eigenvalue weighted by Gasteiger charge is -2.05. The van der Waals surface area contributed by atoms with E-state index in [-0.39, 0.29) is 0 Å². The molecule has 25 heavy (non-hydrogen) atoms. The molecule has 1 atom stereocenters. The summed E-state index contributed by atoms with van der Waals surface area (Å²) in [5, 5.41) is 13.7. The summed E-state index contributed by atoms with van der Waals surface area (Å²) in [4.78, 5) is 0. The molecule has 0 fully saturated rings. The van der Waals surface area contributed by atoms with Crippen molar-refractivity contribution < 1.29 is 9.52 Å². The van der Waals surface area contributed by atoms with E-state index in [0.717, 1.165) is 40.6 Å². The average Bonchev–Trinajstić information content (AvgIpc) is 3.09. The molecule has 3 nitrogen and oxygen atoms in total. The lowest BCUT2D eigenvalue weighted by Crippen LogP contribution is -2.16. The van der Waals surface area contributed by atoms with E-state index in [4.69, 9.17) is 16.0 Å². The van der Waals surface area contributed by atoms with Gasteiger partial charge in [-0.05, 0) is 55.3 Å². The predicted molar refractivity (Wildman–Crippen MR) is 102 cm³/mol. The third kappa shape index (κ3) is 4.95. The molecule has 0 saturated carbocycles. The van der Waals surface area contributed by atoms with Gasteiger partial charge in [-0.2, -0.15) is 0 Å². The highest BCUT2D eigenvalue weighted by Gasteiger charge is 2.06. The Morgan fingerprint density at radius 1 is 1.00 bits per heavy atom. The van der Waals surface area contributed by atoms with Gasteiger partial charge in [-0.3, -0.25) is 0 Å².